The molecule has 0 bridgehead atoms. The van der Waals surface area contributed by atoms with Crippen LogP contribution in [-0.2, 0) is 16.6 Å². The molecule has 0 unspecified atom stereocenters. The molecule has 2 aromatic heterocycles. The summed E-state index contributed by atoms with van der Waals surface area (Å²) in [6.45, 7) is 0.197. The molecule has 6 heteroatoms. The molecule has 0 aliphatic rings. The van der Waals surface area contributed by atoms with Crippen molar-refractivity contribution in [2.75, 3.05) is 0 Å². The van der Waals surface area contributed by atoms with E-state index in [2.05, 4.69) is 9.82 Å². The van der Waals surface area contributed by atoms with Crippen LogP contribution in [0.4, 0.5) is 0 Å². The maximum absolute atomic E-state index is 12.6. The monoisotopic (exact) mass is 337 g/mol. The second-order valence-corrected chi connectivity index (χ2v) is 7.30. The number of fused-ring (bicyclic) bond motifs is 2. The van der Waals surface area contributed by atoms with Crippen LogP contribution in [0.1, 0.15) is 5.56 Å². The molecule has 1 N–H and O–H groups in total. The minimum atomic E-state index is -3.58. The van der Waals surface area contributed by atoms with Gasteiger partial charge in [0.1, 0.15) is 0 Å². The number of benzene rings is 2. The first-order valence-electron chi connectivity index (χ1n) is 7.53. The molecule has 2 aromatic carbocycles. The van der Waals surface area contributed by atoms with E-state index < -0.39 is 10.0 Å². The Morgan fingerprint density at radius 2 is 1.75 bits per heavy atom. The quantitative estimate of drug-likeness (QED) is 0.623. The number of aromatic nitrogens is 2. The van der Waals surface area contributed by atoms with Crippen molar-refractivity contribution in [3.63, 3.8) is 0 Å². The predicted molar refractivity (Wildman–Crippen MR) is 93.2 cm³/mol. The van der Waals surface area contributed by atoms with E-state index in [4.69, 9.17) is 0 Å². The lowest BCUT2D eigenvalue weighted by Gasteiger charge is -2.07. The van der Waals surface area contributed by atoms with E-state index in [-0.39, 0.29) is 11.4 Å². The van der Waals surface area contributed by atoms with Gasteiger partial charge in [0.05, 0.1) is 16.6 Å². The van der Waals surface area contributed by atoms with Crippen molar-refractivity contribution in [3.8, 4) is 0 Å². The third-order valence-electron chi connectivity index (χ3n) is 3.99. The third kappa shape index (κ3) is 2.66. The van der Waals surface area contributed by atoms with Crippen LogP contribution >= 0.6 is 0 Å². The Labute approximate surface area is 139 Å². The summed E-state index contributed by atoms with van der Waals surface area (Å²) in [5.74, 6) is 0. The molecule has 0 aliphatic heterocycles. The molecule has 0 spiro atoms. The zero-order chi connectivity index (χ0) is 16.6. The number of sulfonamides is 1. The van der Waals surface area contributed by atoms with Crippen LogP contribution in [0.2, 0.25) is 0 Å². The minimum absolute atomic E-state index is 0.197. The molecular weight excluding hydrogens is 322 g/mol. The van der Waals surface area contributed by atoms with E-state index >= 15 is 0 Å². The average Bonchev–Trinajstić information content (AvgIpc) is 3.03. The van der Waals surface area contributed by atoms with Crippen molar-refractivity contribution in [1.29, 1.82) is 0 Å². The molecule has 0 radical (unpaired) electrons. The van der Waals surface area contributed by atoms with Gasteiger partial charge in [-0.05, 0) is 35.0 Å². The molecule has 0 atom stereocenters. The molecule has 5 nitrogen and oxygen atoms in total. The Morgan fingerprint density at radius 3 is 2.62 bits per heavy atom. The van der Waals surface area contributed by atoms with Gasteiger partial charge in [0.2, 0.25) is 10.0 Å². The molecular formula is C18H15N3O2S. The number of pyridine rings is 1. The molecule has 4 aromatic rings. The maximum Gasteiger partial charge on any atom is 0.240 e. The van der Waals surface area contributed by atoms with Gasteiger partial charge in [0.15, 0.2) is 0 Å². The number of nitrogens with one attached hydrogen (secondary N) is 1. The van der Waals surface area contributed by atoms with Crippen LogP contribution < -0.4 is 4.72 Å². The maximum atomic E-state index is 12.6. The zero-order valence-corrected chi connectivity index (χ0v) is 13.6. The highest BCUT2D eigenvalue weighted by Gasteiger charge is 2.15. The zero-order valence-electron chi connectivity index (χ0n) is 12.8. The molecule has 0 saturated heterocycles. The van der Waals surface area contributed by atoms with Crippen LogP contribution in [0.3, 0.4) is 0 Å². The summed E-state index contributed by atoms with van der Waals surface area (Å²) < 4.78 is 29.5. The van der Waals surface area contributed by atoms with Crippen molar-refractivity contribution >= 4 is 26.3 Å². The van der Waals surface area contributed by atoms with Crippen LogP contribution in [0, 0.1) is 0 Å². The lowest BCUT2D eigenvalue weighted by molar-refractivity contribution is 0.581. The molecule has 0 aliphatic carbocycles. The Hall–Kier alpha value is -2.70. The van der Waals surface area contributed by atoms with Gasteiger partial charge in [0, 0.05) is 18.3 Å². The van der Waals surface area contributed by atoms with Gasteiger partial charge in [0.25, 0.3) is 0 Å². The van der Waals surface area contributed by atoms with Gasteiger partial charge in [-0.1, -0.05) is 36.4 Å². The summed E-state index contributed by atoms with van der Waals surface area (Å²) in [5, 5.41) is 6.13. The Kier molecular flexibility index (Phi) is 3.55. The molecule has 0 amide bonds. The second kappa shape index (κ2) is 5.74. The molecule has 4 rings (SSSR count). The minimum Gasteiger partial charge on any atom is -0.241 e. The predicted octanol–water partition coefficient (Wildman–Crippen LogP) is 2.97. The van der Waals surface area contributed by atoms with Crippen LogP contribution in [0.5, 0.6) is 0 Å². The number of rotatable bonds is 4. The third-order valence-corrected chi connectivity index (χ3v) is 5.39. The molecule has 0 fully saturated rings. The van der Waals surface area contributed by atoms with Crippen molar-refractivity contribution in [1.82, 2.24) is 14.3 Å². The van der Waals surface area contributed by atoms with Crippen LogP contribution in [-0.4, -0.2) is 18.0 Å². The smallest absolute Gasteiger partial charge is 0.240 e. The Bertz CT molecular complexity index is 1130. The first kappa shape index (κ1) is 14.9. The summed E-state index contributed by atoms with van der Waals surface area (Å²) in [6, 6.07) is 18.5. The summed E-state index contributed by atoms with van der Waals surface area (Å²) in [7, 11) is -3.58. The van der Waals surface area contributed by atoms with Gasteiger partial charge in [-0.3, -0.25) is 0 Å². The highest BCUT2D eigenvalue weighted by atomic mass is 32.2. The lowest BCUT2D eigenvalue weighted by Crippen LogP contribution is -2.23. The van der Waals surface area contributed by atoms with Crippen molar-refractivity contribution in [2.45, 2.75) is 11.4 Å². The van der Waals surface area contributed by atoms with E-state index in [1.165, 1.54) is 0 Å². The molecule has 24 heavy (non-hydrogen) atoms. The number of hydrogen-bond acceptors (Lipinski definition) is 3. The van der Waals surface area contributed by atoms with E-state index in [1.807, 2.05) is 54.7 Å². The number of hydrogen-bond donors (Lipinski definition) is 1. The fraction of sp³-hybridized carbons (Fsp3) is 0.0556. The van der Waals surface area contributed by atoms with Crippen LogP contribution in [0.15, 0.2) is 78.0 Å². The highest BCUT2D eigenvalue weighted by Crippen LogP contribution is 2.19. The largest absolute Gasteiger partial charge is 0.241 e. The van der Waals surface area contributed by atoms with Crippen molar-refractivity contribution < 1.29 is 8.42 Å². The summed E-state index contributed by atoms with van der Waals surface area (Å²) >= 11 is 0. The van der Waals surface area contributed by atoms with E-state index in [0.29, 0.717) is 0 Å². The average molecular weight is 337 g/mol. The summed E-state index contributed by atoms with van der Waals surface area (Å²) in [6.07, 6.45) is 3.51. The summed E-state index contributed by atoms with van der Waals surface area (Å²) in [5.41, 5.74) is 1.72. The topological polar surface area (TPSA) is 63.5 Å². The van der Waals surface area contributed by atoms with E-state index in [0.717, 1.165) is 21.9 Å². The Morgan fingerprint density at radius 1 is 0.958 bits per heavy atom. The first-order valence-corrected chi connectivity index (χ1v) is 9.01. The van der Waals surface area contributed by atoms with Gasteiger partial charge < -0.3 is 0 Å². The Balaban J connectivity index is 1.62. The molecule has 0 saturated carbocycles. The van der Waals surface area contributed by atoms with E-state index in [1.54, 1.807) is 22.8 Å². The van der Waals surface area contributed by atoms with Crippen molar-refractivity contribution in [2.24, 2.45) is 0 Å². The van der Waals surface area contributed by atoms with E-state index in [9.17, 15) is 8.42 Å². The normalized spacial score (nSPS) is 12.0. The van der Waals surface area contributed by atoms with Gasteiger partial charge in [-0.2, -0.15) is 5.10 Å². The fourth-order valence-electron chi connectivity index (χ4n) is 2.71. The lowest BCUT2D eigenvalue weighted by atomic mass is 10.1. The standard InChI is InChI=1S/C18H15N3O2S/c22-24(23,17-9-8-14-5-1-2-6-15(14)11-17)20-13-16-12-19-21-10-4-3-7-18(16)21/h1-12,20H,13H2. The highest BCUT2D eigenvalue weighted by molar-refractivity contribution is 7.89. The molecule has 2 heterocycles. The summed E-state index contributed by atoms with van der Waals surface area (Å²) in [4.78, 5) is 0.262. The second-order valence-electron chi connectivity index (χ2n) is 5.53. The van der Waals surface area contributed by atoms with Crippen LogP contribution in [0.25, 0.3) is 16.3 Å². The molecule has 120 valence electrons. The SMILES string of the molecule is O=S(=O)(NCc1cnn2ccccc12)c1ccc2ccccc2c1. The van der Waals surface area contributed by atoms with Gasteiger partial charge in [-0.15, -0.1) is 0 Å². The first-order chi connectivity index (χ1) is 11.6. The van der Waals surface area contributed by atoms with Gasteiger partial charge >= 0.3 is 0 Å². The van der Waals surface area contributed by atoms with Gasteiger partial charge in [-0.25, -0.2) is 17.7 Å². The fourth-order valence-corrected chi connectivity index (χ4v) is 3.76. The number of nitrogens with zero attached hydrogens (tertiary/aromatic N) is 2. The van der Waals surface area contributed by atoms with Crippen molar-refractivity contribution in [3.05, 3.63) is 78.6 Å².